The fourth-order valence-corrected chi connectivity index (χ4v) is 14.0. The molecule has 0 aromatic heterocycles. The zero-order chi connectivity index (χ0) is 70.4. The number of anilines is 1. The van der Waals surface area contributed by atoms with Gasteiger partial charge >= 0.3 is 0 Å². The SMILES string of the molecule is CN(C)c1cccc2c(S(=O)(=O)NCC(=O)NC[C@H]3O[C@@H]4O[C@H]5[C@H](O)[C@@H](O)[C@@H](O[C@H]6[C@H](O)[C@@H](O)[C@@H](O[C@H]7[C@H](O)[C@@H](O)[C@@H](O[C@H]8[C@H](O)[C@@H](O)[C@@H](O[C@H]9[C@H](O)[C@@H](O)[C@@H](O[C@H]%10[C@H](O)C(O)[C@@H](O[C@H]3[C@H](O)[C@H]4O)O[C@@H]%10CO)O[C@@H]9CO)O[C@@H]8CO)O[C@@H]7CO)O[C@@H]6CO)O[C@@H]5CO)cccc12. The summed E-state index contributed by atoms with van der Waals surface area (Å²) in [5, 5.41) is 228. The van der Waals surface area contributed by atoms with Crippen LogP contribution in [-0.2, 0) is 81.1 Å². The lowest BCUT2D eigenvalue weighted by atomic mass is 9.95. The Morgan fingerprint density at radius 3 is 0.876 bits per heavy atom. The molecule has 35 atom stereocenters. The van der Waals surface area contributed by atoms with Gasteiger partial charge in [-0.2, -0.15) is 0 Å². The van der Waals surface area contributed by atoms with E-state index in [4.69, 9.17) is 66.3 Å². The van der Waals surface area contributed by atoms with Crippen molar-refractivity contribution >= 4 is 32.4 Å². The van der Waals surface area contributed by atoms with Crippen LogP contribution in [0, 0.1) is 0 Å². The highest BCUT2D eigenvalue weighted by Crippen LogP contribution is 2.40. The van der Waals surface area contributed by atoms with Crippen LogP contribution < -0.4 is 14.9 Å². The van der Waals surface area contributed by atoms with Crippen molar-refractivity contribution in [1.29, 1.82) is 0 Å². The molecule has 0 saturated carbocycles. The molecule has 552 valence electrons. The number of benzene rings is 2. The van der Waals surface area contributed by atoms with E-state index in [1.165, 1.54) is 12.1 Å². The maximum Gasteiger partial charge on any atom is 0.241 e. The third kappa shape index (κ3) is 15.4. The molecular weight excluding hydrogens is 1340 g/mol. The van der Waals surface area contributed by atoms with E-state index in [0.29, 0.717) is 16.5 Å². The number of aliphatic hydroxyl groups excluding tert-OH is 20. The molecule has 1 unspecified atom stereocenters. The maximum absolute atomic E-state index is 13.8. The highest BCUT2D eigenvalue weighted by atomic mass is 32.2. The minimum Gasteiger partial charge on any atom is -0.394 e. The summed E-state index contributed by atoms with van der Waals surface area (Å²) in [5.41, 5.74) is 0.679. The van der Waals surface area contributed by atoms with Crippen LogP contribution in [0.4, 0.5) is 5.69 Å². The van der Waals surface area contributed by atoms with Gasteiger partial charge in [-0.25, -0.2) is 13.1 Å². The molecule has 22 N–H and O–H groups in total. The van der Waals surface area contributed by atoms with Gasteiger partial charge in [0.05, 0.1) is 51.1 Å². The summed E-state index contributed by atoms with van der Waals surface area (Å²) in [7, 11) is -0.956. The van der Waals surface area contributed by atoms with E-state index < -0.39 is 284 Å². The van der Waals surface area contributed by atoms with Crippen LogP contribution in [0.15, 0.2) is 41.3 Å². The molecule has 2 aromatic carbocycles. The summed E-state index contributed by atoms with van der Waals surface area (Å²) in [6.07, 6.45) is -73.1. The van der Waals surface area contributed by atoms with E-state index in [9.17, 15) is 115 Å². The van der Waals surface area contributed by atoms with Crippen LogP contribution in [0.25, 0.3) is 10.8 Å². The first kappa shape index (κ1) is 76.2. The minimum atomic E-state index is -4.46. The molecule has 97 heavy (non-hydrogen) atoms. The third-order valence-corrected chi connectivity index (χ3v) is 19.6. The zero-order valence-electron chi connectivity index (χ0n) is 51.6. The van der Waals surface area contributed by atoms with E-state index in [0.717, 1.165) is 0 Å². The molecule has 21 saturated heterocycles. The fourth-order valence-electron chi connectivity index (χ4n) is 12.8. The van der Waals surface area contributed by atoms with Gasteiger partial charge in [0.15, 0.2) is 44.0 Å². The number of ether oxygens (including phenoxy) is 14. The smallest absolute Gasteiger partial charge is 0.241 e. The van der Waals surface area contributed by atoms with Gasteiger partial charge in [0, 0.05) is 37.1 Å². The summed E-state index contributed by atoms with van der Waals surface area (Å²) in [6, 6.07) is 9.46. The monoisotopic (exact) mass is 1420 g/mol. The van der Waals surface area contributed by atoms with Crippen molar-refractivity contribution in [2.24, 2.45) is 0 Å². The van der Waals surface area contributed by atoms with Gasteiger partial charge in [0.25, 0.3) is 0 Å². The highest BCUT2D eigenvalue weighted by Gasteiger charge is 2.60. The number of nitrogens with zero attached hydrogens (tertiary/aromatic N) is 1. The first-order valence-electron chi connectivity index (χ1n) is 30.9. The molecule has 2 aromatic rings. The van der Waals surface area contributed by atoms with Gasteiger partial charge in [0.1, 0.15) is 171 Å². The lowest BCUT2D eigenvalue weighted by molar-refractivity contribution is -0.396. The van der Waals surface area contributed by atoms with Gasteiger partial charge < -0.3 is 179 Å². The second kappa shape index (κ2) is 32.0. The Hall–Kier alpha value is -3.48. The predicted octanol–water partition coefficient (Wildman–Crippen LogP) is -13.9. The van der Waals surface area contributed by atoms with Crippen molar-refractivity contribution in [2.45, 2.75) is 220 Å². The first-order chi connectivity index (χ1) is 46.1. The van der Waals surface area contributed by atoms with Crippen LogP contribution in [0.2, 0.25) is 0 Å². The van der Waals surface area contributed by atoms with E-state index in [2.05, 4.69) is 10.0 Å². The summed E-state index contributed by atoms with van der Waals surface area (Å²) in [6.45, 7) is -8.39. The quantitative estimate of drug-likeness (QED) is 0.0885. The van der Waals surface area contributed by atoms with Gasteiger partial charge in [-0.15, -0.1) is 0 Å². The number of amides is 1. The van der Waals surface area contributed by atoms with E-state index >= 15 is 0 Å². The van der Waals surface area contributed by atoms with Gasteiger partial charge in [0.2, 0.25) is 15.9 Å². The molecular formula is C56H85N3O37S. The fraction of sp³-hybridized carbons (Fsp3) is 0.804. The second-order valence-corrected chi connectivity index (χ2v) is 26.4. The Kier molecular flexibility index (Phi) is 25.2. The number of fused-ring (bicyclic) bond motifs is 1. The van der Waals surface area contributed by atoms with Crippen molar-refractivity contribution < 1.29 is 182 Å². The van der Waals surface area contributed by atoms with Crippen molar-refractivity contribution in [3.63, 3.8) is 0 Å². The molecule has 41 heteroatoms. The molecule has 21 aliphatic heterocycles. The average Bonchev–Trinajstić information content (AvgIpc) is 0.795. The standard InChI is InChI=1S/C56H85N3O37S/c1-59(2)19-7-3-6-18-17(19)5-4-8-27(18)97(81,82)58-10-28(66)57-9-20-43-29(67)36(74)50(83-20)91-44-21(11-60)85-52(38(76)31(44)69)93-46-23(13-62)87-54(40(78)33(46)71)95-48-25(15-64)89-56(42(80)35(48)73)96-49-26(16-65)88-55(41(79)34(49)72)94-47-24(14-63)86-53(39(77)32(47)70)92-45-22(12-61)84-51(90-43)37(75)30(45)68/h3-8,20-26,29-56,58,60-65,67-80H,9-16H2,1-2H3,(H,57,66)/t20-,21-,22-,23-,24-,25-,26-,29-,30-,31-,32-,33-,34-,35-,36-,37?,38-,39-,40-,41-,42-,43-,44-,45-,46-,47-,48-,49-,50-,51-,52-,53-,54-,55-,56-/m1/s1. The molecule has 23 rings (SSSR count). The predicted molar refractivity (Wildman–Crippen MR) is 308 cm³/mol. The molecule has 0 aliphatic carbocycles. The van der Waals surface area contributed by atoms with Crippen molar-refractivity contribution in [3.8, 4) is 0 Å². The summed E-state index contributed by atoms with van der Waals surface area (Å²) in [5.74, 6) is -1.06. The van der Waals surface area contributed by atoms with Gasteiger partial charge in [-0.05, 0) is 12.1 Å². The number of nitrogens with one attached hydrogen (secondary N) is 2. The van der Waals surface area contributed by atoms with Gasteiger partial charge in [-0.1, -0.05) is 24.3 Å². The molecule has 21 fully saturated rings. The third-order valence-electron chi connectivity index (χ3n) is 18.2. The molecule has 0 radical (unpaired) electrons. The van der Waals surface area contributed by atoms with Gasteiger partial charge in [-0.3, -0.25) is 4.79 Å². The second-order valence-electron chi connectivity index (χ2n) is 24.6. The number of rotatable bonds is 13. The number of hydrogen-bond acceptors (Lipinski definition) is 38. The summed E-state index contributed by atoms with van der Waals surface area (Å²) < 4.78 is 111. The Morgan fingerprint density at radius 2 is 0.608 bits per heavy atom. The molecule has 40 nitrogen and oxygen atoms in total. The zero-order valence-corrected chi connectivity index (χ0v) is 52.4. The van der Waals surface area contributed by atoms with Crippen molar-refractivity contribution in [3.05, 3.63) is 36.4 Å². The molecule has 21 aliphatic rings. The molecule has 14 bridgehead atoms. The normalized spacial score (nSPS) is 46.5. The van der Waals surface area contributed by atoms with E-state index in [1.54, 1.807) is 43.3 Å². The van der Waals surface area contributed by atoms with Crippen LogP contribution in [-0.4, -0.2) is 398 Å². The topological polar surface area (TPSA) is 612 Å². The number of carbonyl (C=O) groups is 1. The Bertz CT molecular complexity index is 2990. The largest absolute Gasteiger partial charge is 0.394 e. The number of aliphatic hydroxyl groups is 20. The Morgan fingerprint density at radius 1 is 0.361 bits per heavy atom. The lowest BCUT2D eigenvalue weighted by Gasteiger charge is -2.50. The minimum absolute atomic E-state index is 0.198. The van der Waals surface area contributed by atoms with Crippen LogP contribution in [0.3, 0.4) is 0 Å². The first-order valence-corrected chi connectivity index (χ1v) is 32.4. The van der Waals surface area contributed by atoms with Crippen molar-refractivity contribution in [1.82, 2.24) is 10.0 Å². The molecule has 1 amide bonds. The number of carbonyl (C=O) groups excluding carboxylic acids is 1. The van der Waals surface area contributed by atoms with Crippen LogP contribution in [0.5, 0.6) is 0 Å². The number of hydrogen-bond donors (Lipinski definition) is 22. The maximum atomic E-state index is 13.8. The van der Waals surface area contributed by atoms with Crippen LogP contribution in [0.1, 0.15) is 0 Å². The Labute approximate surface area is 550 Å². The molecule has 0 spiro atoms. The summed E-state index contributed by atoms with van der Waals surface area (Å²) in [4.78, 5) is 15.2. The Balaban J connectivity index is 0.934. The van der Waals surface area contributed by atoms with Crippen LogP contribution >= 0.6 is 0 Å². The van der Waals surface area contributed by atoms with E-state index in [-0.39, 0.29) is 4.90 Å². The lowest BCUT2D eigenvalue weighted by Crippen LogP contribution is -2.68. The summed E-state index contributed by atoms with van der Waals surface area (Å²) >= 11 is 0. The van der Waals surface area contributed by atoms with E-state index in [1.807, 2.05) is 0 Å². The highest BCUT2D eigenvalue weighted by molar-refractivity contribution is 7.89. The number of sulfonamides is 1. The van der Waals surface area contributed by atoms with Crippen molar-refractivity contribution in [2.75, 3.05) is 71.7 Å². The molecule has 21 heterocycles. The average molecular weight is 1420 g/mol.